The van der Waals surface area contributed by atoms with Crippen molar-refractivity contribution >= 4 is 48.7 Å². The van der Waals surface area contributed by atoms with E-state index in [-0.39, 0.29) is 41.5 Å². The monoisotopic (exact) mass is 680 g/mol. The molecule has 0 atom stereocenters. The summed E-state index contributed by atoms with van der Waals surface area (Å²) in [6, 6.07) is 10.3. The van der Waals surface area contributed by atoms with E-state index in [1.165, 1.54) is 47.4 Å². The maximum absolute atomic E-state index is 13.8. The molecule has 0 unspecified atom stereocenters. The van der Waals surface area contributed by atoms with Crippen LogP contribution >= 0.6 is 7.82 Å². The maximum atomic E-state index is 13.8. The fourth-order valence-electron chi connectivity index (χ4n) is 4.81. The third-order valence-corrected chi connectivity index (χ3v) is 7.76. The topological polar surface area (TPSA) is 211 Å². The lowest BCUT2D eigenvalue weighted by Gasteiger charge is -2.24. The highest BCUT2D eigenvalue weighted by Gasteiger charge is 2.30. The van der Waals surface area contributed by atoms with Gasteiger partial charge in [-0.3, -0.25) is 24.2 Å². The molecule has 2 aromatic carbocycles. The van der Waals surface area contributed by atoms with Gasteiger partial charge in [-0.25, -0.2) is 23.8 Å². The van der Waals surface area contributed by atoms with Crippen LogP contribution in [0.3, 0.4) is 0 Å². The first kappa shape index (κ1) is 34.0. The second kappa shape index (κ2) is 14.2. The van der Waals surface area contributed by atoms with E-state index in [4.69, 9.17) is 19.3 Å². The van der Waals surface area contributed by atoms with Crippen molar-refractivity contribution in [2.24, 2.45) is 0 Å². The molecule has 16 nitrogen and oxygen atoms in total. The van der Waals surface area contributed by atoms with E-state index in [1.807, 2.05) is 0 Å². The maximum Gasteiger partial charge on any atom is 0.524 e. The number of nitrogens with zero attached hydrogens (tertiary/aromatic N) is 4. The molecule has 1 aliphatic carbocycles. The van der Waals surface area contributed by atoms with Crippen molar-refractivity contribution in [3.8, 4) is 5.75 Å². The van der Waals surface area contributed by atoms with E-state index in [0.717, 1.165) is 17.7 Å². The van der Waals surface area contributed by atoms with Crippen LogP contribution in [0.1, 0.15) is 57.2 Å². The standard InChI is InChI=1S/C31H33N6O10P/c1-4-32-30(40)24-15-36-27(19(24)3)28(33-16-34-36)37(25-14-21(8-5-18(25)2)29(39)35-22-9-10-22)31(41)46-17-45-26(38)13-20-6-11-23(12-7-20)47-48(42,43)44/h5-8,11-12,14-16,22H,4,9-10,13,17H2,1-3H3,(H,32,40)(H,35,39)(H2,42,43,44). The molecule has 48 heavy (non-hydrogen) atoms. The van der Waals surface area contributed by atoms with Gasteiger partial charge >= 0.3 is 19.9 Å². The van der Waals surface area contributed by atoms with E-state index < -0.39 is 26.7 Å². The number of rotatable bonds is 12. The Morgan fingerprint density at radius 1 is 1.04 bits per heavy atom. The van der Waals surface area contributed by atoms with E-state index in [0.29, 0.717) is 39.9 Å². The van der Waals surface area contributed by atoms with Gasteiger partial charge in [-0.05, 0) is 74.6 Å². The summed E-state index contributed by atoms with van der Waals surface area (Å²) in [5.74, 6) is -1.45. The van der Waals surface area contributed by atoms with Crippen LogP contribution < -0.4 is 20.1 Å². The van der Waals surface area contributed by atoms with Crippen molar-refractivity contribution in [2.75, 3.05) is 18.2 Å². The number of amides is 3. The number of nitrogens with one attached hydrogen (secondary N) is 2. The van der Waals surface area contributed by atoms with Crippen molar-refractivity contribution in [3.05, 3.63) is 82.8 Å². The van der Waals surface area contributed by atoms with Crippen LogP contribution in [0, 0.1) is 13.8 Å². The molecule has 4 aromatic rings. The molecule has 252 valence electrons. The number of phosphoric acid groups is 1. The van der Waals surface area contributed by atoms with Gasteiger partial charge in [-0.15, -0.1) is 0 Å². The zero-order valence-corrected chi connectivity index (χ0v) is 27.1. The fraction of sp³-hybridized carbons (Fsp3) is 0.290. The van der Waals surface area contributed by atoms with Crippen molar-refractivity contribution in [3.63, 3.8) is 0 Å². The van der Waals surface area contributed by atoms with E-state index in [1.54, 1.807) is 32.9 Å². The first-order chi connectivity index (χ1) is 22.8. The molecule has 0 bridgehead atoms. The van der Waals surface area contributed by atoms with Crippen molar-refractivity contribution in [1.29, 1.82) is 0 Å². The molecule has 2 aromatic heterocycles. The number of benzene rings is 2. The Balaban J connectivity index is 1.41. The minimum absolute atomic E-state index is 0.0508. The van der Waals surface area contributed by atoms with Gasteiger partial charge in [0.05, 0.1) is 17.7 Å². The summed E-state index contributed by atoms with van der Waals surface area (Å²) in [4.78, 5) is 75.5. The van der Waals surface area contributed by atoms with Crippen LogP contribution in [-0.4, -0.2) is 67.6 Å². The molecule has 4 N–H and O–H groups in total. The van der Waals surface area contributed by atoms with Crippen LogP contribution in [-0.2, 0) is 25.3 Å². The van der Waals surface area contributed by atoms with Crippen molar-refractivity contribution in [1.82, 2.24) is 25.2 Å². The summed E-state index contributed by atoms with van der Waals surface area (Å²) < 4.78 is 27.5. The Kier molecular flexibility index (Phi) is 10.1. The minimum atomic E-state index is -4.74. The molecular weight excluding hydrogens is 647 g/mol. The Bertz CT molecular complexity index is 1920. The molecule has 0 spiro atoms. The molecule has 3 amide bonds. The summed E-state index contributed by atoms with van der Waals surface area (Å²) in [6.07, 6.45) is 3.26. The molecule has 5 rings (SSSR count). The Labute approximate surface area is 274 Å². The smallest absolute Gasteiger partial charge is 0.428 e. The van der Waals surface area contributed by atoms with Gasteiger partial charge in [-0.1, -0.05) is 18.2 Å². The summed E-state index contributed by atoms with van der Waals surface area (Å²) in [7, 11) is -4.74. The predicted molar refractivity (Wildman–Crippen MR) is 170 cm³/mol. The average Bonchev–Trinajstić information content (AvgIpc) is 3.78. The highest BCUT2D eigenvalue weighted by atomic mass is 31.2. The van der Waals surface area contributed by atoms with E-state index >= 15 is 0 Å². The normalized spacial score (nSPS) is 12.7. The first-order valence-electron chi connectivity index (χ1n) is 14.8. The zero-order valence-electron chi connectivity index (χ0n) is 26.2. The molecule has 1 saturated carbocycles. The van der Waals surface area contributed by atoms with Gasteiger partial charge in [-0.2, -0.15) is 5.10 Å². The molecule has 1 fully saturated rings. The van der Waals surface area contributed by atoms with Gasteiger partial charge in [0, 0.05) is 24.3 Å². The number of ether oxygens (including phenoxy) is 2. The summed E-state index contributed by atoms with van der Waals surface area (Å²) in [5.41, 5.74) is 2.71. The van der Waals surface area contributed by atoms with Gasteiger partial charge in [0.25, 0.3) is 11.8 Å². The SMILES string of the molecule is CCNC(=O)c1cn2ncnc(N(C(=O)OCOC(=O)Cc3ccc(OP(=O)(O)O)cc3)c3cc(C(=O)NC4CC4)ccc3C)c2c1C. The molecule has 1 aliphatic rings. The Morgan fingerprint density at radius 3 is 2.44 bits per heavy atom. The number of phosphoric ester groups is 1. The average molecular weight is 681 g/mol. The summed E-state index contributed by atoms with van der Waals surface area (Å²) >= 11 is 0. The Hall–Kier alpha value is -5.31. The zero-order chi connectivity index (χ0) is 34.6. The summed E-state index contributed by atoms with van der Waals surface area (Å²) in [6.45, 7) is 4.83. The van der Waals surface area contributed by atoms with E-state index in [9.17, 15) is 23.7 Å². The fourth-order valence-corrected chi connectivity index (χ4v) is 5.21. The number of aryl methyl sites for hydroxylation is 2. The number of anilines is 2. The van der Waals surface area contributed by atoms with Gasteiger partial charge < -0.3 is 24.6 Å². The molecule has 2 heterocycles. The second-order valence-corrected chi connectivity index (χ2v) is 12.1. The van der Waals surface area contributed by atoms with E-state index in [2.05, 4.69) is 25.2 Å². The molecule has 17 heteroatoms. The number of fused-ring (bicyclic) bond motifs is 1. The highest BCUT2D eigenvalue weighted by molar-refractivity contribution is 7.46. The summed E-state index contributed by atoms with van der Waals surface area (Å²) in [5, 5.41) is 9.90. The van der Waals surface area contributed by atoms with Gasteiger partial charge in [0.15, 0.2) is 5.82 Å². The number of carbonyl (C=O) groups is 4. The molecule has 0 aliphatic heterocycles. The van der Waals surface area contributed by atoms with Gasteiger partial charge in [0.1, 0.15) is 17.6 Å². The van der Waals surface area contributed by atoms with Crippen LogP contribution in [0.15, 0.2) is 55.0 Å². The second-order valence-electron chi connectivity index (χ2n) is 10.9. The third-order valence-electron chi connectivity index (χ3n) is 7.31. The lowest BCUT2D eigenvalue weighted by atomic mass is 10.1. The third kappa shape index (κ3) is 8.15. The highest BCUT2D eigenvalue weighted by Crippen LogP contribution is 2.37. The Morgan fingerprint density at radius 2 is 1.77 bits per heavy atom. The van der Waals surface area contributed by atoms with Crippen molar-refractivity contribution in [2.45, 2.75) is 46.1 Å². The lowest BCUT2D eigenvalue weighted by Crippen LogP contribution is -2.31. The van der Waals surface area contributed by atoms with Gasteiger partial charge in [0.2, 0.25) is 6.79 Å². The molecule has 0 radical (unpaired) electrons. The van der Waals surface area contributed by atoms with Crippen LogP contribution in [0.5, 0.6) is 5.75 Å². The number of hydrogen-bond acceptors (Lipinski definition) is 10. The number of aromatic nitrogens is 3. The van der Waals surface area contributed by atoms with Crippen LogP contribution in [0.4, 0.5) is 16.3 Å². The number of hydrogen-bond donors (Lipinski definition) is 4. The van der Waals surface area contributed by atoms with Crippen LogP contribution in [0.2, 0.25) is 0 Å². The van der Waals surface area contributed by atoms with Crippen molar-refractivity contribution < 1.29 is 47.5 Å². The predicted octanol–water partition coefficient (Wildman–Crippen LogP) is 3.48. The lowest BCUT2D eigenvalue weighted by molar-refractivity contribution is -0.150. The van der Waals surface area contributed by atoms with Crippen LogP contribution in [0.25, 0.3) is 5.52 Å². The molecule has 0 saturated heterocycles. The molecular formula is C31H33N6O10P. The first-order valence-corrected chi connectivity index (χ1v) is 16.4. The number of esters is 1. The quantitative estimate of drug-likeness (QED) is 0.0963. The number of carbonyl (C=O) groups excluding carboxylic acids is 4. The minimum Gasteiger partial charge on any atom is -0.428 e. The largest absolute Gasteiger partial charge is 0.524 e.